The maximum atomic E-state index is 4.40. The number of nitrogens with zero attached hydrogens (tertiary/aromatic N) is 1. The van der Waals surface area contributed by atoms with Crippen molar-refractivity contribution in [3.63, 3.8) is 0 Å². The fourth-order valence-electron chi connectivity index (χ4n) is 2.57. The van der Waals surface area contributed by atoms with Gasteiger partial charge in [-0.25, -0.2) is 0 Å². The summed E-state index contributed by atoms with van der Waals surface area (Å²) in [6.45, 7) is 10.5. The van der Waals surface area contributed by atoms with Gasteiger partial charge in [0.25, 0.3) is 0 Å². The SMILES string of the molecule is Cc1cc(C)c(CCNC2=NCC(C)N2)c(C)c1. The summed E-state index contributed by atoms with van der Waals surface area (Å²) in [5.41, 5.74) is 5.59. The van der Waals surface area contributed by atoms with Crippen LogP contribution in [0.3, 0.4) is 0 Å². The van der Waals surface area contributed by atoms with Crippen LogP contribution in [0.4, 0.5) is 0 Å². The maximum Gasteiger partial charge on any atom is 0.191 e. The molecule has 1 heterocycles. The third-order valence-corrected chi connectivity index (χ3v) is 3.41. The summed E-state index contributed by atoms with van der Waals surface area (Å²) in [7, 11) is 0. The van der Waals surface area contributed by atoms with Gasteiger partial charge >= 0.3 is 0 Å². The van der Waals surface area contributed by atoms with E-state index in [1.807, 2.05) is 0 Å². The minimum atomic E-state index is 0.468. The van der Waals surface area contributed by atoms with Gasteiger partial charge in [-0.3, -0.25) is 4.99 Å². The van der Waals surface area contributed by atoms with E-state index in [1.165, 1.54) is 22.3 Å². The standard InChI is InChI=1S/C15H23N3/c1-10-7-11(2)14(12(3)8-10)5-6-16-15-17-9-13(4)18-15/h7-8,13H,5-6,9H2,1-4H3,(H2,16,17,18). The van der Waals surface area contributed by atoms with E-state index < -0.39 is 0 Å². The van der Waals surface area contributed by atoms with Crippen LogP contribution in [0.2, 0.25) is 0 Å². The van der Waals surface area contributed by atoms with Gasteiger partial charge < -0.3 is 10.6 Å². The molecule has 0 radical (unpaired) electrons. The molecule has 1 atom stereocenters. The lowest BCUT2D eigenvalue weighted by molar-refractivity contribution is 0.712. The van der Waals surface area contributed by atoms with E-state index >= 15 is 0 Å². The number of hydrogen-bond donors (Lipinski definition) is 2. The lowest BCUT2D eigenvalue weighted by Gasteiger charge is -2.13. The number of rotatable bonds is 3. The summed E-state index contributed by atoms with van der Waals surface area (Å²) in [6, 6.07) is 4.99. The molecule has 2 N–H and O–H groups in total. The predicted octanol–water partition coefficient (Wildman–Crippen LogP) is 2.09. The fraction of sp³-hybridized carbons (Fsp3) is 0.533. The Bertz CT molecular complexity index is 440. The molecule has 18 heavy (non-hydrogen) atoms. The lowest BCUT2D eigenvalue weighted by Crippen LogP contribution is -2.38. The van der Waals surface area contributed by atoms with Gasteiger partial charge in [-0.2, -0.15) is 0 Å². The lowest BCUT2D eigenvalue weighted by atomic mass is 9.97. The minimum Gasteiger partial charge on any atom is -0.356 e. The average Bonchev–Trinajstić information content (AvgIpc) is 2.68. The summed E-state index contributed by atoms with van der Waals surface area (Å²) in [4.78, 5) is 4.40. The van der Waals surface area contributed by atoms with Crippen molar-refractivity contribution in [2.45, 2.75) is 40.2 Å². The van der Waals surface area contributed by atoms with Crippen LogP contribution in [0.25, 0.3) is 0 Å². The quantitative estimate of drug-likeness (QED) is 0.855. The fourth-order valence-corrected chi connectivity index (χ4v) is 2.57. The van der Waals surface area contributed by atoms with Gasteiger partial charge in [0.05, 0.1) is 6.54 Å². The van der Waals surface area contributed by atoms with E-state index in [1.54, 1.807) is 0 Å². The second-order valence-corrected chi connectivity index (χ2v) is 5.29. The highest BCUT2D eigenvalue weighted by molar-refractivity contribution is 5.81. The van der Waals surface area contributed by atoms with Gasteiger partial charge in [-0.05, 0) is 50.8 Å². The molecule has 0 aromatic heterocycles. The summed E-state index contributed by atoms with van der Waals surface area (Å²) >= 11 is 0. The first-order chi connectivity index (χ1) is 8.56. The first-order valence-corrected chi connectivity index (χ1v) is 6.68. The average molecular weight is 245 g/mol. The minimum absolute atomic E-state index is 0.468. The van der Waals surface area contributed by atoms with Crippen molar-refractivity contribution in [3.05, 3.63) is 34.4 Å². The van der Waals surface area contributed by atoms with Crippen molar-refractivity contribution in [1.82, 2.24) is 10.6 Å². The molecule has 0 saturated heterocycles. The molecule has 1 aromatic rings. The van der Waals surface area contributed by atoms with E-state index in [-0.39, 0.29) is 0 Å². The van der Waals surface area contributed by atoms with Gasteiger partial charge in [0.2, 0.25) is 0 Å². The first kappa shape index (κ1) is 12.9. The van der Waals surface area contributed by atoms with Crippen LogP contribution in [0.5, 0.6) is 0 Å². The summed E-state index contributed by atoms with van der Waals surface area (Å²) in [5, 5.41) is 6.69. The van der Waals surface area contributed by atoms with Crippen molar-refractivity contribution in [1.29, 1.82) is 0 Å². The van der Waals surface area contributed by atoms with Crippen molar-refractivity contribution < 1.29 is 0 Å². The van der Waals surface area contributed by atoms with E-state index in [0.717, 1.165) is 25.5 Å². The van der Waals surface area contributed by atoms with E-state index in [9.17, 15) is 0 Å². The molecule has 3 nitrogen and oxygen atoms in total. The van der Waals surface area contributed by atoms with Gasteiger partial charge in [0.15, 0.2) is 5.96 Å². The Morgan fingerprint density at radius 2 is 1.94 bits per heavy atom. The molecule has 3 heteroatoms. The summed E-state index contributed by atoms with van der Waals surface area (Å²) in [6.07, 6.45) is 1.05. The smallest absolute Gasteiger partial charge is 0.191 e. The van der Waals surface area contributed by atoms with Gasteiger partial charge in [-0.1, -0.05) is 17.7 Å². The largest absolute Gasteiger partial charge is 0.356 e. The van der Waals surface area contributed by atoms with E-state index in [4.69, 9.17) is 0 Å². The third-order valence-electron chi connectivity index (χ3n) is 3.41. The van der Waals surface area contributed by atoms with Crippen LogP contribution in [-0.2, 0) is 6.42 Å². The van der Waals surface area contributed by atoms with Crippen molar-refractivity contribution in [3.8, 4) is 0 Å². The van der Waals surface area contributed by atoms with Crippen LogP contribution in [0.15, 0.2) is 17.1 Å². The molecule has 1 unspecified atom stereocenters. The number of hydrogen-bond acceptors (Lipinski definition) is 3. The van der Waals surface area contributed by atoms with Gasteiger partial charge in [0, 0.05) is 12.6 Å². The van der Waals surface area contributed by atoms with E-state index in [2.05, 4.69) is 55.5 Å². The highest BCUT2D eigenvalue weighted by Crippen LogP contribution is 2.16. The van der Waals surface area contributed by atoms with Crippen LogP contribution in [0, 0.1) is 20.8 Å². The highest BCUT2D eigenvalue weighted by Gasteiger charge is 2.11. The molecular formula is C15H23N3. The first-order valence-electron chi connectivity index (χ1n) is 6.68. The number of aliphatic imine (C=N–C) groups is 1. The Morgan fingerprint density at radius 3 is 2.50 bits per heavy atom. The van der Waals surface area contributed by atoms with E-state index in [0.29, 0.717) is 6.04 Å². The highest BCUT2D eigenvalue weighted by atomic mass is 15.2. The number of benzene rings is 1. The molecule has 1 aliphatic rings. The number of aryl methyl sites for hydroxylation is 3. The molecule has 98 valence electrons. The number of nitrogens with one attached hydrogen (secondary N) is 2. The topological polar surface area (TPSA) is 36.4 Å². The molecule has 0 fully saturated rings. The molecular weight excluding hydrogens is 222 g/mol. The summed E-state index contributed by atoms with van der Waals surface area (Å²) in [5.74, 6) is 0.949. The second kappa shape index (κ2) is 5.42. The Kier molecular flexibility index (Phi) is 3.90. The molecule has 1 aliphatic heterocycles. The molecule has 2 rings (SSSR count). The molecule has 0 amide bonds. The Labute approximate surface area is 110 Å². The van der Waals surface area contributed by atoms with Crippen LogP contribution in [-0.4, -0.2) is 25.1 Å². The van der Waals surface area contributed by atoms with Gasteiger partial charge in [-0.15, -0.1) is 0 Å². The summed E-state index contributed by atoms with van der Waals surface area (Å²) < 4.78 is 0. The number of guanidine groups is 1. The predicted molar refractivity (Wildman–Crippen MR) is 77.3 cm³/mol. The molecule has 0 saturated carbocycles. The Morgan fingerprint density at radius 1 is 1.28 bits per heavy atom. The molecule has 1 aromatic carbocycles. The molecule has 0 bridgehead atoms. The Balaban J connectivity index is 1.91. The zero-order valence-electron chi connectivity index (χ0n) is 11.8. The third kappa shape index (κ3) is 3.03. The maximum absolute atomic E-state index is 4.40. The van der Waals surface area contributed by atoms with Crippen LogP contribution >= 0.6 is 0 Å². The zero-order valence-corrected chi connectivity index (χ0v) is 11.8. The second-order valence-electron chi connectivity index (χ2n) is 5.29. The van der Waals surface area contributed by atoms with Crippen molar-refractivity contribution in [2.24, 2.45) is 4.99 Å². The Hall–Kier alpha value is -1.51. The van der Waals surface area contributed by atoms with Gasteiger partial charge in [0.1, 0.15) is 0 Å². The van der Waals surface area contributed by atoms with Crippen molar-refractivity contribution in [2.75, 3.05) is 13.1 Å². The monoisotopic (exact) mass is 245 g/mol. The van der Waals surface area contributed by atoms with Crippen LogP contribution < -0.4 is 10.6 Å². The zero-order chi connectivity index (χ0) is 13.1. The van der Waals surface area contributed by atoms with Crippen molar-refractivity contribution >= 4 is 5.96 Å². The molecule has 0 spiro atoms. The molecule has 0 aliphatic carbocycles. The normalized spacial score (nSPS) is 18.4. The van der Waals surface area contributed by atoms with Crippen LogP contribution in [0.1, 0.15) is 29.2 Å².